The van der Waals surface area contributed by atoms with Crippen LogP contribution in [0.3, 0.4) is 0 Å². The first-order valence-electron chi connectivity index (χ1n) is 6.58. The first-order valence-corrected chi connectivity index (χ1v) is 5.62. The Morgan fingerprint density at radius 2 is 1.52 bits per heavy atom. The number of halogens is 4. The summed E-state index contributed by atoms with van der Waals surface area (Å²) in [6.07, 6.45) is -4.45. The Balaban J connectivity index is 0.00000112. The number of nitrogens with two attached hydrogens (primary N) is 2. The summed E-state index contributed by atoms with van der Waals surface area (Å²) in [6.45, 7) is 1.72. The van der Waals surface area contributed by atoms with Gasteiger partial charge in [-0.25, -0.2) is 0 Å². The lowest BCUT2D eigenvalue weighted by atomic mass is 9.95. The molecule has 0 saturated heterocycles. The number of rotatable bonds is 1. The summed E-state index contributed by atoms with van der Waals surface area (Å²) in [6, 6.07) is 8.61. The molecule has 0 spiro atoms. The van der Waals surface area contributed by atoms with Crippen molar-refractivity contribution in [3.63, 3.8) is 0 Å². The van der Waals surface area contributed by atoms with Crippen molar-refractivity contribution in [2.45, 2.75) is 13.1 Å². The fourth-order valence-electron chi connectivity index (χ4n) is 2.02. The maximum Gasteiger partial charge on any atom is 0.417 e. The maximum absolute atomic E-state index is 13.0. The molecule has 0 aliphatic carbocycles. The van der Waals surface area contributed by atoms with Crippen molar-refractivity contribution in [3.05, 3.63) is 47.5 Å². The number of anilines is 2. The Labute approximate surface area is 124 Å². The van der Waals surface area contributed by atoms with E-state index in [0.29, 0.717) is 16.8 Å². The average molecular weight is 301 g/mol. The highest BCUT2D eigenvalue weighted by molar-refractivity contribution is 5.75. The number of hydrogen-bond donors (Lipinski definition) is 2. The zero-order valence-electron chi connectivity index (χ0n) is 13.2. The summed E-state index contributed by atoms with van der Waals surface area (Å²) in [7, 11) is 3.75. The molecule has 0 unspecified atom stereocenters. The Bertz CT molecular complexity index is 637. The molecule has 2 aromatic carbocycles. The van der Waals surface area contributed by atoms with E-state index in [4.69, 9.17) is 17.5 Å². The van der Waals surface area contributed by atoms with Crippen molar-refractivity contribution in [3.8, 4) is 11.1 Å². The Morgan fingerprint density at radius 1 is 1.05 bits per heavy atom. The summed E-state index contributed by atoms with van der Waals surface area (Å²) in [5, 5.41) is 0. The first-order chi connectivity index (χ1) is 10.8. The zero-order valence-corrected chi connectivity index (χ0v) is 11.2. The number of nitrogen functional groups attached to an aromatic ring is 2. The fourth-order valence-corrected chi connectivity index (χ4v) is 2.02. The van der Waals surface area contributed by atoms with Crippen LogP contribution in [0.1, 0.15) is 11.1 Å². The van der Waals surface area contributed by atoms with Crippen molar-refractivity contribution in [1.29, 1.82) is 2.79 Å². The first kappa shape index (κ1) is 15.2. The predicted molar refractivity (Wildman–Crippen MR) is 80.1 cm³/mol. The second-order valence-corrected chi connectivity index (χ2v) is 4.38. The molecule has 21 heavy (non-hydrogen) atoms. The van der Waals surface area contributed by atoms with E-state index >= 15 is 0 Å². The van der Waals surface area contributed by atoms with Crippen molar-refractivity contribution in [1.82, 2.24) is 0 Å². The highest BCUT2D eigenvalue weighted by Gasteiger charge is 2.34. The van der Waals surface area contributed by atoms with E-state index < -0.39 is 11.7 Å². The van der Waals surface area contributed by atoms with Gasteiger partial charge in [-0.2, -0.15) is 13.2 Å². The van der Waals surface area contributed by atoms with Crippen molar-refractivity contribution in [2.24, 2.45) is 0 Å². The van der Waals surface area contributed by atoms with Gasteiger partial charge in [0.2, 0.25) is 0 Å². The molecule has 0 saturated carbocycles. The molecule has 0 aromatic heterocycles. The molecule has 0 aliphatic rings. The number of aryl methyl sites for hydroxylation is 1. The minimum atomic E-state index is -4.45. The molecule has 0 amide bonds. The largest absolute Gasteiger partial charge is 0.417 e. The van der Waals surface area contributed by atoms with Gasteiger partial charge in [0.1, 0.15) is 0 Å². The van der Waals surface area contributed by atoms with Gasteiger partial charge < -0.3 is 11.5 Å². The van der Waals surface area contributed by atoms with Crippen LogP contribution in [-0.2, 0) is 6.18 Å². The van der Waals surface area contributed by atoms with Crippen molar-refractivity contribution < 1.29 is 17.9 Å². The Hall–Kier alpha value is -2.18. The average Bonchev–Trinajstić information content (AvgIpc) is 2.51. The van der Waals surface area contributed by atoms with E-state index in [2.05, 4.69) is 9.83 Å². The molecule has 2 aromatic rings. The highest BCUT2D eigenvalue weighted by atomic mass is 19.4. The lowest BCUT2D eigenvalue weighted by Crippen LogP contribution is -2.08. The van der Waals surface area contributed by atoms with E-state index in [-0.39, 0.29) is 11.3 Å². The molecule has 0 aliphatic heterocycles. The summed E-state index contributed by atoms with van der Waals surface area (Å²) in [4.78, 5) is 0. The van der Waals surface area contributed by atoms with Crippen LogP contribution in [0.15, 0.2) is 36.4 Å². The van der Waals surface area contributed by atoms with Gasteiger partial charge >= 0.3 is 6.18 Å². The lowest BCUT2D eigenvalue weighted by Gasteiger charge is -2.15. The second kappa shape index (κ2) is 6.52. The predicted octanol–water partition coefficient (Wildman–Crippen LogP) is 3.35. The van der Waals surface area contributed by atoms with E-state index in [0.717, 1.165) is 6.07 Å². The second-order valence-electron chi connectivity index (χ2n) is 4.38. The number of alkyl halides is 3. The van der Waals surface area contributed by atoms with Gasteiger partial charge in [0.25, 0.3) is 1.45 Å². The van der Waals surface area contributed by atoms with Gasteiger partial charge in [0.15, 0.2) is 0 Å². The molecule has 7 heteroatoms. The van der Waals surface area contributed by atoms with Gasteiger partial charge in [-0.05, 0) is 49.2 Å². The summed E-state index contributed by atoms with van der Waals surface area (Å²) >= 11 is 0. The topological polar surface area (TPSA) is 52.0 Å². The zero-order chi connectivity index (χ0) is 18.2. The molecule has 2 nitrogen and oxygen atoms in total. The van der Waals surface area contributed by atoms with Crippen LogP contribution in [0.2, 0.25) is 0 Å². The monoisotopic (exact) mass is 301 g/mol. The van der Waals surface area contributed by atoms with Crippen LogP contribution in [0.4, 0.5) is 29.3 Å². The van der Waals surface area contributed by atoms with Crippen LogP contribution in [0.25, 0.3) is 11.1 Å². The Morgan fingerprint density at radius 3 is 2.00 bits per heavy atom. The quantitative estimate of drug-likeness (QED) is 0.482. The third-order valence-electron chi connectivity index (χ3n) is 2.89. The lowest BCUT2D eigenvalue weighted by molar-refractivity contribution is -0.137. The fraction of sp³-hybridized carbons (Fsp3) is 0.143. The maximum atomic E-state index is 13.0. The standard InChI is InChI=1S/C14H13F3N2.BH.FH/c1-8-6-9(18)2-4-11(8)12-5-3-10(19)7-13(12)14(15,16)17;;/h2-7H,18-19H2,1H3;2*1H/i;1D;/hT. The molecular formula is C14H15BF4N2. The van der Waals surface area contributed by atoms with Crippen LogP contribution in [-0.4, -0.2) is 11.2 Å². The Kier molecular flexibility index (Phi) is 4.72. The molecule has 2 rings (SSSR count). The van der Waals surface area contributed by atoms with Gasteiger partial charge in [-0.15, -0.1) is 0 Å². The van der Waals surface area contributed by atoms with Crippen molar-refractivity contribution in [2.75, 3.05) is 11.5 Å². The summed E-state index contributed by atoms with van der Waals surface area (Å²) in [5.74, 6) is 0. The molecule has 112 valence electrons. The van der Waals surface area contributed by atoms with Crippen LogP contribution >= 0.6 is 0 Å². The van der Waals surface area contributed by atoms with Crippen LogP contribution in [0.5, 0.6) is 0 Å². The van der Waals surface area contributed by atoms with Crippen LogP contribution < -0.4 is 11.5 Å². The molecule has 0 fully saturated rings. The minimum absolute atomic E-state index is 0.0872. The molecule has 0 bridgehead atoms. The SMILES string of the molecule is Cc1cc(N)ccc1-c1ccc(N)cc1C(F)(F)F.[2H][B].[3H]F. The molecule has 2 radical (unpaired) electrons. The third-order valence-corrected chi connectivity index (χ3v) is 2.89. The summed E-state index contributed by atoms with van der Waals surface area (Å²) in [5.41, 5.74) is 12.2. The molecule has 4 N–H and O–H groups in total. The normalized spacial score (nSPS) is 11.1. The molecule has 0 atom stereocenters. The van der Waals surface area contributed by atoms with Gasteiger partial charge in [-0.3, -0.25) is 4.72 Å². The smallest absolute Gasteiger partial charge is 0.399 e. The van der Waals surface area contributed by atoms with E-state index in [1.165, 1.54) is 12.1 Å². The van der Waals surface area contributed by atoms with Gasteiger partial charge in [0.05, 0.1) is 5.56 Å². The van der Waals surface area contributed by atoms with Crippen LogP contribution in [0, 0.1) is 6.92 Å². The summed E-state index contributed by atoms with van der Waals surface area (Å²) < 4.78 is 57.4. The van der Waals surface area contributed by atoms with E-state index in [9.17, 15) is 13.2 Å². The molecular weight excluding hydrogens is 283 g/mol. The van der Waals surface area contributed by atoms with Gasteiger partial charge in [0, 0.05) is 19.8 Å². The minimum Gasteiger partial charge on any atom is -0.399 e. The van der Waals surface area contributed by atoms with E-state index in [1.54, 1.807) is 25.1 Å². The highest BCUT2D eigenvalue weighted by Crippen LogP contribution is 2.39. The number of benzene rings is 2. The van der Waals surface area contributed by atoms with Crippen molar-refractivity contribution >= 4 is 19.8 Å². The van der Waals surface area contributed by atoms with E-state index in [1.807, 2.05) is 0 Å². The molecule has 0 heterocycles. The third kappa shape index (κ3) is 3.90. The number of hydrogen-bond acceptors (Lipinski definition) is 2. The van der Waals surface area contributed by atoms with Gasteiger partial charge in [-0.1, -0.05) is 12.1 Å².